The summed E-state index contributed by atoms with van der Waals surface area (Å²) in [5, 5.41) is 8.09. The number of rotatable bonds is 2. The molecule has 1 aliphatic carbocycles. The van der Waals surface area contributed by atoms with Gasteiger partial charge in [-0.2, -0.15) is 0 Å². The summed E-state index contributed by atoms with van der Waals surface area (Å²) in [6, 6.07) is 0. The SMILES string of the molecule is C=CC1(C(=O)OC(=O)O)CC1. The second-order valence-corrected chi connectivity index (χ2v) is 2.52. The van der Waals surface area contributed by atoms with E-state index in [0.717, 1.165) is 0 Å². The van der Waals surface area contributed by atoms with Crippen LogP contribution in [0.5, 0.6) is 0 Å². The highest BCUT2D eigenvalue weighted by molar-refractivity contribution is 5.89. The van der Waals surface area contributed by atoms with Gasteiger partial charge in [0.1, 0.15) is 0 Å². The lowest BCUT2D eigenvalue weighted by molar-refractivity contribution is -0.143. The van der Waals surface area contributed by atoms with Crippen LogP contribution in [0, 0.1) is 5.41 Å². The van der Waals surface area contributed by atoms with E-state index < -0.39 is 17.5 Å². The molecule has 0 saturated heterocycles. The van der Waals surface area contributed by atoms with E-state index >= 15 is 0 Å². The van der Waals surface area contributed by atoms with Crippen LogP contribution in [0.15, 0.2) is 12.7 Å². The Bertz CT molecular complexity index is 214. The number of hydrogen-bond donors (Lipinski definition) is 1. The van der Waals surface area contributed by atoms with Gasteiger partial charge in [-0.05, 0) is 12.8 Å². The fourth-order valence-electron chi connectivity index (χ4n) is 0.807. The summed E-state index contributed by atoms with van der Waals surface area (Å²) in [4.78, 5) is 20.8. The van der Waals surface area contributed by atoms with Crippen molar-refractivity contribution in [1.29, 1.82) is 0 Å². The summed E-state index contributed by atoms with van der Waals surface area (Å²) in [7, 11) is 0. The summed E-state index contributed by atoms with van der Waals surface area (Å²) in [6.45, 7) is 3.43. The molecule has 0 amide bonds. The minimum absolute atomic E-state index is 0.641. The van der Waals surface area contributed by atoms with E-state index in [1.165, 1.54) is 6.08 Å². The lowest BCUT2D eigenvalue weighted by atomic mass is 10.1. The molecule has 1 fully saturated rings. The molecule has 60 valence electrons. The van der Waals surface area contributed by atoms with Crippen LogP contribution in [0.4, 0.5) is 4.79 Å². The number of carboxylic acid groups (broad SMARTS) is 1. The second kappa shape index (κ2) is 2.38. The van der Waals surface area contributed by atoms with Crippen molar-refractivity contribution in [2.24, 2.45) is 5.41 Å². The molecule has 1 aliphatic rings. The Balaban J connectivity index is 2.54. The fourth-order valence-corrected chi connectivity index (χ4v) is 0.807. The number of carbonyl (C=O) groups excluding carboxylic acids is 1. The van der Waals surface area contributed by atoms with Gasteiger partial charge in [-0.15, -0.1) is 6.58 Å². The van der Waals surface area contributed by atoms with Gasteiger partial charge < -0.3 is 9.84 Å². The average molecular weight is 156 g/mol. The fraction of sp³-hybridized carbons (Fsp3) is 0.429. The Morgan fingerprint density at radius 2 is 2.09 bits per heavy atom. The van der Waals surface area contributed by atoms with E-state index in [0.29, 0.717) is 12.8 Å². The molecule has 0 radical (unpaired) electrons. The van der Waals surface area contributed by atoms with E-state index in [9.17, 15) is 9.59 Å². The zero-order chi connectivity index (χ0) is 8.48. The summed E-state index contributed by atoms with van der Waals surface area (Å²) in [5.41, 5.74) is -0.696. The minimum atomic E-state index is -1.55. The topological polar surface area (TPSA) is 63.6 Å². The lowest BCUT2D eigenvalue weighted by Gasteiger charge is -2.04. The number of hydrogen-bond acceptors (Lipinski definition) is 3. The normalized spacial score (nSPS) is 18.5. The summed E-state index contributed by atoms with van der Waals surface area (Å²) < 4.78 is 3.97. The Morgan fingerprint density at radius 3 is 2.36 bits per heavy atom. The Kier molecular flexibility index (Phi) is 1.68. The molecule has 11 heavy (non-hydrogen) atoms. The van der Waals surface area contributed by atoms with E-state index in [1.54, 1.807) is 0 Å². The van der Waals surface area contributed by atoms with Crippen molar-refractivity contribution in [3.05, 3.63) is 12.7 Å². The molecule has 0 aromatic carbocycles. The van der Waals surface area contributed by atoms with Gasteiger partial charge in [-0.3, -0.25) is 4.79 Å². The first-order valence-corrected chi connectivity index (χ1v) is 3.19. The van der Waals surface area contributed by atoms with Crippen molar-refractivity contribution in [3.63, 3.8) is 0 Å². The highest BCUT2D eigenvalue weighted by Gasteiger charge is 2.49. The first kappa shape index (κ1) is 7.78. The predicted octanol–water partition coefficient (Wildman–Crippen LogP) is 1.17. The van der Waals surface area contributed by atoms with E-state index in [1.807, 2.05) is 0 Å². The molecule has 0 aromatic heterocycles. The van der Waals surface area contributed by atoms with Crippen LogP contribution in [-0.2, 0) is 9.53 Å². The van der Waals surface area contributed by atoms with Crippen LogP contribution in [0.25, 0.3) is 0 Å². The third kappa shape index (κ3) is 1.39. The van der Waals surface area contributed by atoms with Crippen LogP contribution in [0.2, 0.25) is 0 Å². The van der Waals surface area contributed by atoms with E-state index in [4.69, 9.17) is 5.11 Å². The summed E-state index contributed by atoms with van der Waals surface area (Å²) in [5.74, 6) is -0.708. The molecule has 1 N–H and O–H groups in total. The first-order valence-electron chi connectivity index (χ1n) is 3.19. The molecule has 0 aromatic rings. The summed E-state index contributed by atoms with van der Waals surface area (Å²) >= 11 is 0. The largest absolute Gasteiger partial charge is 0.513 e. The van der Waals surface area contributed by atoms with E-state index in [2.05, 4.69) is 11.3 Å². The second-order valence-electron chi connectivity index (χ2n) is 2.52. The number of esters is 1. The molecule has 0 bridgehead atoms. The molecule has 1 rings (SSSR count). The monoisotopic (exact) mass is 156 g/mol. The van der Waals surface area contributed by atoms with Crippen LogP contribution in [-0.4, -0.2) is 17.2 Å². The third-order valence-corrected chi connectivity index (χ3v) is 1.77. The maximum atomic E-state index is 10.9. The molecule has 0 unspecified atom stereocenters. The quantitative estimate of drug-likeness (QED) is 0.370. The molecule has 0 heterocycles. The molecule has 4 nitrogen and oxygen atoms in total. The van der Waals surface area contributed by atoms with Crippen molar-refractivity contribution >= 4 is 12.1 Å². The molecular weight excluding hydrogens is 148 g/mol. The molecule has 4 heteroatoms. The van der Waals surface area contributed by atoms with Crippen molar-refractivity contribution in [1.82, 2.24) is 0 Å². The van der Waals surface area contributed by atoms with Gasteiger partial charge in [0, 0.05) is 0 Å². The zero-order valence-corrected chi connectivity index (χ0v) is 5.87. The molecule has 1 saturated carbocycles. The standard InChI is InChI=1S/C7H8O4/c1-2-7(3-4-7)5(8)11-6(9)10/h2H,1,3-4H2,(H,9,10). The molecular formula is C7H8O4. The Hall–Kier alpha value is -1.32. The van der Waals surface area contributed by atoms with Gasteiger partial charge in [-0.25, -0.2) is 4.79 Å². The average Bonchev–Trinajstić information content (AvgIpc) is 2.65. The number of carbonyl (C=O) groups is 2. The van der Waals surface area contributed by atoms with Gasteiger partial charge >= 0.3 is 12.1 Å². The molecule has 0 spiro atoms. The Morgan fingerprint density at radius 1 is 1.55 bits per heavy atom. The van der Waals surface area contributed by atoms with Gasteiger partial charge in [0.05, 0.1) is 5.41 Å². The lowest BCUT2D eigenvalue weighted by Crippen LogP contribution is -2.19. The summed E-state index contributed by atoms with van der Waals surface area (Å²) in [6.07, 6.45) is 1.17. The number of ether oxygens (including phenoxy) is 1. The smallest absolute Gasteiger partial charge is 0.449 e. The Labute approximate surface area is 63.5 Å². The highest BCUT2D eigenvalue weighted by atomic mass is 16.7. The van der Waals surface area contributed by atoms with Gasteiger partial charge in [0.25, 0.3) is 0 Å². The molecule has 0 atom stereocenters. The van der Waals surface area contributed by atoms with Crippen LogP contribution < -0.4 is 0 Å². The van der Waals surface area contributed by atoms with Gasteiger partial charge in [0.15, 0.2) is 0 Å². The maximum absolute atomic E-state index is 10.9. The molecule has 0 aliphatic heterocycles. The predicted molar refractivity (Wildman–Crippen MR) is 36.0 cm³/mol. The first-order chi connectivity index (χ1) is 5.10. The third-order valence-electron chi connectivity index (χ3n) is 1.77. The van der Waals surface area contributed by atoms with Gasteiger partial charge in [-0.1, -0.05) is 6.08 Å². The maximum Gasteiger partial charge on any atom is 0.513 e. The van der Waals surface area contributed by atoms with Crippen molar-refractivity contribution in [3.8, 4) is 0 Å². The highest BCUT2D eigenvalue weighted by Crippen LogP contribution is 2.47. The zero-order valence-electron chi connectivity index (χ0n) is 5.87. The van der Waals surface area contributed by atoms with Crippen LogP contribution >= 0.6 is 0 Å². The minimum Gasteiger partial charge on any atom is -0.449 e. The van der Waals surface area contributed by atoms with Gasteiger partial charge in [0.2, 0.25) is 0 Å². The van der Waals surface area contributed by atoms with Crippen molar-refractivity contribution in [2.75, 3.05) is 0 Å². The van der Waals surface area contributed by atoms with Crippen LogP contribution in [0.3, 0.4) is 0 Å². The van der Waals surface area contributed by atoms with Crippen molar-refractivity contribution < 1.29 is 19.4 Å². The van der Waals surface area contributed by atoms with Crippen LogP contribution in [0.1, 0.15) is 12.8 Å². The van der Waals surface area contributed by atoms with Crippen molar-refractivity contribution in [2.45, 2.75) is 12.8 Å². The van der Waals surface area contributed by atoms with E-state index in [-0.39, 0.29) is 0 Å².